The molecule has 4 heteroatoms. The van der Waals surface area contributed by atoms with Crippen LogP contribution in [0.4, 0.5) is 0 Å². The van der Waals surface area contributed by atoms with E-state index in [9.17, 15) is 0 Å². The molecule has 0 aromatic heterocycles. The van der Waals surface area contributed by atoms with Crippen LogP contribution in [0.15, 0.2) is 28.7 Å². The molecule has 0 amide bonds. The highest BCUT2D eigenvalue weighted by molar-refractivity contribution is 9.10. The van der Waals surface area contributed by atoms with Crippen molar-refractivity contribution in [2.75, 3.05) is 26.7 Å². The van der Waals surface area contributed by atoms with Gasteiger partial charge in [-0.05, 0) is 50.2 Å². The average molecular weight is 320 g/mol. The van der Waals surface area contributed by atoms with E-state index in [2.05, 4.69) is 50.4 Å². The Morgan fingerprint density at radius 2 is 2.29 bits per heavy atom. The highest BCUT2D eigenvalue weighted by atomic mass is 79.9. The second-order valence-electron chi connectivity index (χ2n) is 4.58. The van der Waals surface area contributed by atoms with Crippen LogP contribution in [0.1, 0.15) is 12.0 Å². The van der Waals surface area contributed by atoms with Gasteiger partial charge in [-0.3, -0.25) is 4.90 Å². The summed E-state index contributed by atoms with van der Waals surface area (Å²) in [6.07, 6.45) is 1.33. The van der Waals surface area contributed by atoms with Gasteiger partial charge in [0.25, 0.3) is 0 Å². The minimum atomic E-state index is 0. The minimum Gasteiger partial charge on any atom is -0.319 e. The highest BCUT2D eigenvalue weighted by Gasteiger charge is 2.21. The molecule has 1 atom stereocenters. The SMILES string of the molecule is CNCC1CCN(Cc2cccc(Br)c2)C1.Cl. The zero-order chi connectivity index (χ0) is 11.4. The van der Waals surface area contributed by atoms with E-state index < -0.39 is 0 Å². The first-order chi connectivity index (χ1) is 7.78. The van der Waals surface area contributed by atoms with Crippen LogP contribution in [0.3, 0.4) is 0 Å². The first-order valence-electron chi connectivity index (χ1n) is 5.89. The summed E-state index contributed by atoms with van der Waals surface area (Å²) in [7, 11) is 2.04. The van der Waals surface area contributed by atoms with Gasteiger partial charge in [0.05, 0.1) is 0 Å². The molecule has 1 aliphatic rings. The summed E-state index contributed by atoms with van der Waals surface area (Å²) in [6.45, 7) is 4.70. The lowest BCUT2D eigenvalue weighted by molar-refractivity contribution is 0.315. The van der Waals surface area contributed by atoms with E-state index in [0.717, 1.165) is 19.0 Å². The van der Waals surface area contributed by atoms with Gasteiger partial charge in [0.2, 0.25) is 0 Å². The summed E-state index contributed by atoms with van der Waals surface area (Å²) >= 11 is 3.52. The molecule has 1 aromatic rings. The third kappa shape index (κ3) is 4.59. The van der Waals surface area contributed by atoms with Crippen molar-refractivity contribution in [3.05, 3.63) is 34.3 Å². The quantitative estimate of drug-likeness (QED) is 0.918. The number of halogens is 2. The second kappa shape index (κ2) is 7.37. The predicted octanol–water partition coefficient (Wildman–Crippen LogP) is 2.91. The molecule has 17 heavy (non-hydrogen) atoms. The topological polar surface area (TPSA) is 15.3 Å². The van der Waals surface area contributed by atoms with Crippen molar-refractivity contribution < 1.29 is 0 Å². The van der Waals surface area contributed by atoms with E-state index in [-0.39, 0.29) is 12.4 Å². The van der Waals surface area contributed by atoms with E-state index in [4.69, 9.17) is 0 Å². The van der Waals surface area contributed by atoms with Crippen LogP contribution in [-0.4, -0.2) is 31.6 Å². The maximum atomic E-state index is 3.52. The van der Waals surface area contributed by atoms with E-state index in [1.54, 1.807) is 0 Å². The van der Waals surface area contributed by atoms with Gasteiger partial charge >= 0.3 is 0 Å². The fourth-order valence-electron chi connectivity index (χ4n) is 2.41. The zero-order valence-corrected chi connectivity index (χ0v) is 12.6. The fraction of sp³-hybridized carbons (Fsp3) is 0.538. The molecule has 1 aromatic carbocycles. The van der Waals surface area contributed by atoms with E-state index in [1.165, 1.54) is 29.5 Å². The standard InChI is InChI=1S/C13H19BrN2.ClH/c1-15-8-12-5-6-16(10-12)9-11-3-2-4-13(14)7-11;/h2-4,7,12,15H,5-6,8-10H2,1H3;1H. The van der Waals surface area contributed by atoms with Crippen molar-refractivity contribution >= 4 is 28.3 Å². The molecule has 0 spiro atoms. The van der Waals surface area contributed by atoms with Gasteiger partial charge in [-0.15, -0.1) is 12.4 Å². The van der Waals surface area contributed by atoms with Crippen molar-refractivity contribution in [2.24, 2.45) is 5.92 Å². The Kier molecular flexibility index (Phi) is 6.49. The molecule has 0 aliphatic carbocycles. The second-order valence-corrected chi connectivity index (χ2v) is 5.49. The number of nitrogens with one attached hydrogen (secondary N) is 1. The molecule has 1 saturated heterocycles. The maximum absolute atomic E-state index is 3.52. The van der Waals surface area contributed by atoms with Crippen molar-refractivity contribution in [3.63, 3.8) is 0 Å². The van der Waals surface area contributed by atoms with Crippen LogP contribution in [-0.2, 0) is 6.54 Å². The molecule has 0 radical (unpaired) electrons. The Hall–Kier alpha value is -0.0900. The average Bonchev–Trinajstić information content (AvgIpc) is 2.66. The number of nitrogens with zero attached hydrogens (tertiary/aromatic N) is 1. The molecule has 96 valence electrons. The fourth-order valence-corrected chi connectivity index (χ4v) is 2.85. The van der Waals surface area contributed by atoms with Crippen molar-refractivity contribution in [3.8, 4) is 0 Å². The molecular formula is C13H20BrClN2. The molecule has 1 unspecified atom stereocenters. The molecule has 1 heterocycles. The Morgan fingerprint density at radius 3 is 3.00 bits per heavy atom. The number of hydrogen-bond donors (Lipinski definition) is 1. The Bertz CT molecular complexity index is 346. The Balaban J connectivity index is 0.00000144. The lowest BCUT2D eigenvalue weighted by atomic mass is 10.1. The van der Waals surface area contributed by atoms with Gasteiger partial charge in [-0.2, -0.15) is 0 Å². The summed E-state index contributed by atoms with van der Waals surface area (Å²) in [5, 5.41) is 3.27. The van der Waals surface area contributed by atoms with Crippen LogP contribution in [0, 0.1) is 5.92 Å². The highest BCUT2D eigenvalue weighted by Crippen LogP contribution is 2.19. The monoisotopic (exact) mass is 318 g/mol. The Labute approximate surface area is 118 Å². The molecule has 1 N–H and O–H groups in total. The lowest BCUT2D eigenvalue weighted by Gasteiger charge is -2.16. The van der Waals surface area contributed by atoms with Gasteiger partial charge in [0.1, 0.15) is 0 Å². The summed E-state index contributed by atoms with van der Waals surface area (Å²) in [6, 6.07) is 8.61. The van der Waals surface area contributed by atoms with Crippen LogP contribution < -0.4 is 5.32 Å². The van der Waals surface area contributed by atoms with Crippen molar-refractivity contribution in [1.82, 2.24) is 10.2 Å². The maximum Gasteiger partial charge on any atom is 0.0234 e. The molecule has 2 nitrogen and oxygen atoms in total. The van der Waals surface area contributed by atoms with E-state index >= 15 is 0 Å². The smallest absolute Gasteiger partial charge is 0.0234 e. The normalized spacial score (nSPS) is 20.2. The first-order valence-corrected chi connectivity index (χ1v) is 6.68. The summed E-state index contributed by atoms with van der Waals surface area (Å²) in [5.41, 5.74) is 1.40. The molecular weight excluding hydrogens is 300 g/mol. The third-order valence-corrected chi connectivity index (χ3v) is 3.65. The molecule has 1 aliphatic heterocycles. The van der Waals surface area contributed by atoms with Gasteiger partial charge < -0.3 is 5.32 Å². The first kappa shape index (κ1) is 15.0. The number of benzene rings is 1. The van der Waals surface area contributed by atoms with Gasteiger partial charge in [0.15, 0.2) is 0 Å². The minimum absolute atomic E-state index is 0. The lowest BCUT2D eigenvalue weighted by Crippen LogP contribution is -2.24. The van der Waals surface area contributed by atoms with Gasteiger partial charge in [-0.1, -0.05) is 28.1 Å². The van der Waals surface area contributed by atoms with Crippen LogP contribution in [0.25, 0.3) is 0 Å². The predicted molar refractivity (Wildman–Crippen MR) is 78.7 cm³/mol. The van der Waals surface area contributed by atoms with Gasteiger partial charge in [0, 0.05) is 17.6 Å². The third-order valence-electron chi connectivity index (χ3n) is 3.16. The number of rotatable bonds is 4. The molecule has 2 rings (SSSR count). The zero-order valence-electron chi connectivity index (χ0n) is 10.2. The van der Waals surface area contributed by atoms with E-state index in [1.807, 2.05) is 7.05 Å². The van der Waals surface area contributed by atoms with Crippen LogP contribution >= 0.6 is 28.3 Å². The number of likely N-dealkylation sites (tertiary alicyclic amines) is 1. The van der Waals surface area contributed by atoms with Crippen LogP contribution in [0.5, 0.6) is 0 Å². The van der Waals surface area contributed by atoms with E-state index in [0.29, 0.717) is 0 Å². The van der Waals surface area contributed by atoms with Crippen LogP contribution in [0.2, 0.25) is 0 Å². The number of hydrogen-bond acceptors (Lipinski definition) is 2. The van der Waals surface area contributed by atoms with Crippen molar-refractivity contribution in [2.45, 2.75) is 13.0 Å². The Morgan fingerprint density at radius 1 is 1.47 bits per heavy atom. The summed E-state index contributed by atoms with van der Waals surface area (Å²) < 4.78 is 1.18. The molecule has 0 saturated carbocycles. The largest absolute Gasteiger partial charge is 0.319 e. The molecule has 0 bridgehead atoms. The summed E-state index contributed by atoms with van der Waals surface area (Å²) in [4.78, 5) is 2.55. The van der Waals surface area contributed by atoms with Gasteiger partial charge in [-0.25, -0.2) is 0 Å². The van der Waals surface area contributed by atoms with Crippen molar-refractivity contribution in [1.29, 1.82) is 0 Å². The molecule has 1 fully saturated rings. The summed E-state index contributed by atoms with van der Waals surface area (Å²) in [5.74, 6) is 0.831.